The molecule has 5 rings (SSSR count). The van der Waals surface area contributed by atoms with E-state index in [0.717, 1.165) is 38.8 Å². The Morgan fingerprint density at radius 1 is 1.12 bits per heavy atom. The lowest BCUT2D eigenvalue weighted by atomic mass is 9.97. The zero-order chi connectivity index (χ0) is 29.1. The molecule has 1 saturated heterocycles. The first-order valence-corrected chi connectivity index (χ1v) is 13.9. The van der Waals surface area contributed by atoms with E-state index in [0.29, 0.717) is 16.6 Å². The fourth-order valence-electron chi connectivity index (χ4n) is 5.00. The third kappa shape index (κ3) is 6.66. The van der Waals surface area contributed by atoms with Gasteiger partial charge in [0.15, 0.2) is 5.69 Å². The van der Waals surface area contributed by atoms with Crippen LogP contribution in [0.2, 0.25) is 5.02 Å². The Morgan fingerprint density at radius 2 is 1.88 bits per heavy atom. The van der Waals surface area contributed by atoms with Gasteiger partial charge < -0.3 is 26.6 Å². The number of carbonyl (C=O) groups excluding carboxylic acids is 4. The van der Waals surface area contributed by atoms with Crippen molar-refractivity contribution in [2.24, 2.45) is 11.7 Å². The fraction of sp³-hybridized carbons (Fsp3) is 0.393. The van der Waals surface area contributed by atoms with Crippen molar-refractivity contribution in [3.8, 4) is 0 Å². The van der Waals surface area contributed by atoms with E-state index in [9.17, 15) is 23.6 Å². The summed E-state index contributed by atoms with van der Waals surface area (Å²) in [6.07, 6.45) is 3.00. The van der Waals surface area contributed by atoms with E-state index >= 15 is 0 Å². The molecular weight excluding hydrogens is 553 g/mol. The van der Waals surface area contributed by atoms with E-state index in [1.54, 1.807) is 24.3 Å². The van der Waals surface area contributed by atoms with Crippen molar-refractivity contribution in [3.63, 3.8) is 0 Å². The van der Waals surface area contributed by atoms with Crippen molar-refractivity contribution in [2.75, 3.05) is 25.0 Å². The van der Waals surface area contributed by atoms with Gasteiger partial charge in [0.05, 0.1) is 17.1 Å². The van der Waals surface area contributed by atoms with Gasteiger partial charge in [0.2, 0.25) is 17.7 Å². The lowest BCUT2D eigenvalue weighted by Gasteiger charge is -2.22. The number of aromatic nitrogens is 2. The van der Waals surface area contributed by atoms with Crippen LogP contribution < -0.4 is 21.7 Å². The van der Waals surface area contributed by atoms with Crippen molar-refractivity contribution in [1.82, 2.24) is 25.3 Å². The summed E-state index contributed by atoms with van der Waals surface area (Å²) in [7, 11) is 0. The molecule has 3 aromatic rings. The van der Waals surface area contributed by atoms with Gasteiger partial charge in [0.1, 0.15) is 12.4 Å². The minimum Gasteiger partial charge on any atom is -0.364 e. The van der Waals surface area contributed by atoms with Crippen molar-refractivity contribution in [2.45, 2.75) is 44.8 Å². The van der Waals surface area contributed by atoms with Crippen LogP contribution >= 0.6 is 11.6 Å². The second-order valence-corrected chi connectivity index (χ2v) is 10.8. The predicted molar refractivity (Wildman–Crippen MR) is 150 cm³/mol. The van der Waals surface area contributed by atoms with Gasteiger partial charge in [-0.3, -0.25) is 23.9 Å². The number of anilines is 1. The van der Waals surface area contributed by atoms with Crippen molar-refractivity contribution >= 4 is 51.8 Å². The van der Waals surface area contributed by atoms with Crippen LogP contribution in [0.15, 0.2) is 36.4 Å². The number of nitrogens with one attached hydrogen (secondary N) is 3. The first kappa shape index (κ1) is 28.5. The van der Waals surface area contributed by atoms with Gasteiger partial charge in [-0.05, 0) is 63.0 Å². The van der Waals surface area contributed by atoms with Crippen molar-refractivity contribution in [3.05, 3.63) is 58.5 Å². The molecule has 41 heavy (non-hydrogen) atoms. The van der Waals surface area contributed by atoms with Gasteiger partial charge in [0.25, 0.3) is 5.91 Å². The third-order valence-corrected chi connectivity index (χ3v) is 7.67. The van der Waals surface area contributed by atoms with E-state index < -0.39 is 17.6 Å². The van der Waals surface area contributed by atoms with E-state index in [-0.39, 0.29) is 59.7 Å². The minimum absolute atomic E-state index is 0.0231. The summed E-state index contributed by atoms with van der Waals surface area (Å²) < 4.78 is 15.5. The Morgan fingerprint density at radius 3 is 2.59 bits per heavy atom. The molecule has 2 aromatic carbocycles. The first-order chi connectivity index (χ1) is 19.7. The Kier molecular flexibility index (Phi) is 8.50. The summed E-state index contributed by atoms with van der Waals surface area (Å²) in [5, 5.41) is 13.4. The van der Waals surface area contributed by atoms with Gasteiger partial charge in [0, 0.05) is 35.1 Å². The highest BCUT2D eigenvalue weighted by atomic mass is 35.5. The van der Waals surface area contributed by atoms with Crippen molar-refractivity contribution in [1.29, 1.82) is 0 Å². The van der Waals surface area contributed by atoms with Crippen LogP contribution in [0.4, 0.5) is 10.1 Å². The molecule has 0 bridgehead atoms. The topological polar surface area (TPSA) is 151 Å². The molecule has 13 heteroatoms. The quantitative estimate of drug-likeness (QED) is 0.287. The van der Waals surface area contributed by atoms with Gasteiger partial charge in [-0.25, -0.2) is 4.39 Å². The molecule has 0 radical (unpaired) electrons. The molecule has 2 heterocycles. The number of rotatable bonds is 10. The fourth-order valence-corrected chi connectivity index (χ4v) is 5.20. The zero-order valence-electron chi connectivity index (χ0n) is 22.3. The van der Waals surface area contributed by atoms with Crippen LogP contribution in [0.25, 0.3) is 10.9 Å². The lowest BCUT2D eigenvalue weighted by Crippen LogP contribution is -2.43. The van der Waals surface area contributed by atoms with Gasteiger partial charge in [-0.1, -0.05) is 23.7 Å². The number of nitrogens with zero attached hydrogens (tertiary/aromatic N) is 3. The number of hydrogen-bond acceptors (Lipinski definition) is 6. The van der Waals surface area contributed by atoms with E-state index in [4.69, 9.17) is 17.3 Å². The molecular formula is C28H31ClFN7O4. The number of primary amides is 1. The molecule has 0 atom stereocenters. The molecule has 1 saturated carbocycles. The van der Waals surface area contributed by atoms with Gasteiger partial charge >= 0.3 is 0 Å². The second kappa shape index (κ2) is 12.2. The number of hydrogen-bond donors (Lipinski definition) is 4. The maximum atomic E-state index is 14.2. The standard InChI is InChI=1S/C28H31ClFN7O4/c29-21-3-1-2-17(25(21)30)13-33-23(38)14-36(19-5-6-19)24(39)15-37-22-7-4-18(12-20(22)26(35-37)27(31)40)34-28(41)16-8-10-32-11-9-16/h1-4,7,12,16,19,32H,5-6,8-11,13-15H2,(H2,31,40)(H,33,38)(H,34,41). The highest BCUT2D eigenvalue weighted by Crippen LogP contribution is 2.28. The minimum atomic E-state index is -0.769. The normalized spacial score (nSPS) is 15.5. The number of halogens is 2. The maximum Gasteiger partial charge on any atom is 0.269 e. The number of nitrogens with two attached hydrogens (primary N) is 1. The summed E-state index contributed by atoms with van der Waals surface area (Å²) in [6.45, 7) is 1.06. The molecule has 2 fully saturated rings. The summed E-state index contributed by atoms with van der Waals surface area (Å²) >= 11 is 5.81. The molecule has 5 N–H and O–H groups in total. The average Bonchev–Trinajstić information content (AvgIpc) is 3.74. The molecule has 1 aromatic heterocycles. The highest BCUT2D eigenvalue weighted by Gasteiger charge is 2.34. The third-order valence-electron chi connectivity index (χ3n) is 7.38. The molecule has 216 valence electrons. The van der Waals surface area contributed by atoms with E-state index in [1.165, 1.54) is 21.7 Å². The van der Waals surface area contributed by atoms with Crippen LogP contribution in [0, 0.1) is 11.7 Å². The van der Waals surface area contributed by atoms with Crippen LogP contribution in [-0.4, -0.2) is 64.0 Å². The van der Waals surface area contributed by atoms with Crippen LogP contribution in [0.1, 0.15) is 41.7 Å². The average molecular weight is 584 g/mol. The number of fused-ring (bicyclic) bond motifs is 1. The zero-order valence-corrected chi connectivity index (χ0v) is 23.0. The SMILES string of the molecule is NC(=O)c1nn(CC(=O)N(CC(=O)NCc2cccc(Cl)c2F)C2CC2)c2ccc(NC(=O)C3CCNCC3)cc12. The number of carbonyl (C=O) groups is 4. The largest absolute Gasteiger partial charge is 0.364 e. The summed E-state index contributed by atoms with van der Waals surface area (Å²) in [4.78, 5) is 52.4. The van der Waals surface area contributed by atoms with Crippen LogP contribution in [0.3, 0.4) is 0 Å². The molecule has 1 aliphatic heterocycles. The van der Waals surface area contributed by atoms with Crippen molar-refractivity contribution < 1.29 is 23.6 Å². The number of amides is 4. The summed E-state index contributed by atoms with van der Waals surface area (Å²) in [5.74, 6) is -2.37. The molecule has 0 unspecified atom stereocenters. The molecule has 1 aliphatic carbocycles. The summed E-state index contributed by atoms with van der Waals surface area (Å²) in [6, 6.07) is 9.44. The van der Waals surface area contributed by atoms with E-state index in [1.807, 2.05) is 0 Å². The lowest BCUT2D eigenvalue weighted by molar-refractivity contribution is -0.137. The van der Waals surface area contributed by atoms with E-state index in [2.05, 4.69) is 21.0 Å². The smallest absolute Gasteiger partial charge is 0.269 e. The predicted octanol–water partition coefficient (Wildman–Crippen LogP) is 2.17. The molecule has 11 nitrogen and oxygen atoms in total. The van der Waals surface area contributed by atoms with Gasteiger partial charge in [-0.15, -0.1) is 0 Å². The first-order valence-electron chi connectivity index (χ1n) is 13.5. The van der Waals surface area contributed by atoms with Crippen LogP contribution in [0.5, 0.6) is 0 Å². The van der Waals surface area contributed by atoms with Gasteiger partial charge in [-0.2, -0.15) is 5.10 Å². The molecule has 0 spiro atoms. The number of piperidine rings is 1. The number of benzene rings is 2. The Labute approximate surface area is 240 Å². The molecule has 4 amide bonds. The maximum absolute atomic E-state index is 14.2. The summed E-state index contributed by atoms with van der Waals surface area (Å²) in [5.41, 5.74) is 6.79. The second-order valence-electron chi connectivity index (χ2n) is 10.4. The Balaban J connectivity index is 1.28. The monoisotopic (exact) mass is 583 g/mol. The molecule has 2 aliphatic rings. The van der Waals surface area contributed by atoms with Crippen LogP contribution in [-0.2, 0) is 27.5 Å². The Bertz CT molecular complexity index is 1500. The highest BCUT2D eigenvalue weighted by molar-refractivity contribution is 6.30. The Hall–Kier alpha value is -4.03.